The summed E-state index contributed by atoms with van der Waals surface area (Å²) in [5, 5.41) is 13.1. The van der Waals surface area contributed by atoms with Crippen molar-refractivity contribution in [3.63, 3.8) is 0 Å². The molecule has 24 heavy (non-hydrogen) atoms. The molecule has 2 aromatic carbocycles. The Labute approximate surface area is 141 Å². The van der Waals surface area contributed by atoms with Crippen molar-refractivity contribution >= 4 is 23.1 Å². The maximum atomic E-state index is 12.9. The minimum atomic E-state index is -0.220. The molecule has 1 aliphatic heterocycles. The number of para-hydroxylation sites is 1. The van der Waals surface area contributed by atoms with E-state index in [2.05, 4.69) is 0 Å². The van der Waals surface area contributed by atoms with Gasteiger partial charge in [-0.05, 0) is 49.7 Å². The molecule has 0 spiro atoms. The van der Waals surface area contributed by atoms with Gasteiger partial charge in [0, 0.05) is 6.42 Å². The average molecular weight is 324 g/mol. The van der Waals surface area contributed by atoms with Crippen LogP contribution in [0, 0.1) is 5.92 Å². The van der Waals surface area contributed by atoms with E-state index in [-0.39, 0.29) is 23.4 Å². The highest BCUT2D eigenvalue weighted by Crippen LogP contribution is 2.33. The van der Waals surface area contributed by atoms with Crippen LogP contribution in [0.15, 0.2) is 54.6 Å². The lowest BCUT2D eigenvalue weighted by Gasteiger charge is -2.29. The Balaban J connectivity index is 1.92. The van der Waals surface area contributed by atoms with Crippen LogP contribution >= 0.6 is 0 Å². The Morgan fingerprint density at radius 3 is 2.38 bits per heavy atom. The number of benzene rings is 2. The molecule has 124 valence electrons. The maximum Gasteiger partial charge on any atom is 0.250 e. The first kappa shape index (κ1) is 16.1. The average Bonchev–Trinajstić information content (AvgIpc) is 2.91. The third kappa shape index (κ3) is 3.25. The molecule has 1 fully saturated rings. The van der Waals surface area contributed by atoms with Gasteiger partial charge in [-0.2, -0.15) is 0 Å². The largest absolute Gasteiger partial charge is 0.508 e. The number of amides is 1. The fourth-order valence-corrected chi connectivity index (χ4v) is 2.93. The number of hydrazine groups is 1. The SMILES string of the molecule is CC(=O)CCC1CN(c2ccc(O)cc2)N(c2ccccc2)C1=O. The van der Waals surface area contributed by atoms with E-state index in [4.69, 9.17) is 0 Å². The molecule has 0 saturated carbocycles. The number of aromatic hydroxyl groups is 1. The molecule has 1 unspecified atom stereocenters. The summed E-state index contributed by atoms with van der Waals surface area (Å²) in [7, 11) is 0. The Morgan fingerprint density at radius 2 is 1.75 bits per heavy atom. The summed E-state index contributed by atoms with van der Waals surface area (Å²) in [6.07, 6.45) is 0.953. The van der Waals surface area contributed by atoms with Crippen molar-refractivity contribution in [1.82, 2.24) is 0 Å². The maximum absolute atomic E-state index is 12.9. The number of phenols is 1. The van der Waals surface area contributed by atoms with Gasteiger partial charge < -0.3 is 9.90 Å². The van der Waals surface area contributed by atoms with Crippen molar-refractivity contribution in [1.29, 1.82) is 0 Å². The third-order valence-electron chi connectivity index (χ3n) is 4.19. The van der Waals surface area contributed by atoms with E-state index in [9.17, 15) is 14.7 Å². The Morgan fingerprint density at radius 1 is 1.08 bits per heavy atom. The van der Waals surface area contributed by atoms with Crippen molar-refractivity contribution < 1.29 is 14.7 Å². The van der Waals surface area contributed by atoms with Crippen LogP contribution in [0.25, 0.3) is 0 Å². The molecule has 0 radical (unpaired) electrons. The molecule has 1 amide bonds. The van der Waals surface area contributed by atoms with E-state index in [1.54, 1.807) is 36.2 Å². The normalized spacial score (nSPS) is 17.4. The molecule has 0 bridgehead atoms. The summed E-state index contributed by atoms with van der Waals surface area (Å²) in [5.74, 6) is 0.0549. The molecular formula is C19H20N2O3. The number of nitrogens with zero attached hydrogens (tertiary/aromatic N) is 2. The highest BCUT2D eigenvalue weighted by Gasteiger charge is 2.39. The number of carbonyl (C=O) groups excluding carboxylic acids is 2. The second-order valence-electron chi connectivity index (χ2n) is 6.02. The monoisotopic (exact) mass is 324 g/mol. The van der Waals surface area contributed by atoms with Crippen LogP contribution in [0.4, 0.5) is 11.4 Å². The summed E-state index contributed by atoms with van der Waals surface area (Å²) < 4.78 is 0. The Bertz CT molecular complexity index is 728. The van der Waals surface area contributed by atoms with Crippen LogP contribution in [0.3, 0.4) is 0 Å². The number of ketones is 1. The van der Waals surface area contributed by atoms with Crippen LogP contribution < -0.4 is 10.0 Å². The molecule has 1 heterocycles. The van der Waals surface area contributed by atoms with Gasteiger partial charge in [-0.15, -0.1) is 0 Å². The number of hydrogen-bond acceptors (Lipinski definition) is 4. The second-order valence-corrected chi connectivity index (χ2v) is 6.02. The van der Waals surface area contributed by atoms with Crippen molar-refractivity contribution in [3.8, 4) is 5.75 Å². The quantitative estimate of drug-likeness (QED) is 0.918. The van der Waals surface area contributed by atoms with Gasteiger partial charge in [0.15, 0.2) is 0 Å². The smallest absolute Gasteiger partial charge is 0.250 e. The van der Waals surface area contributed by atoms with Gasteiger partial charge >= 0.3 is 0 Å². The lowest BCUT2D eigenvalue weighted by atomic mass is 10.0. The summed E-state index contributed by atoms with van der Waals surface area (Å²) >= 11 is 0. The van der Waals surface area contributed by atoms with Crippen LogP contribution in [0.1, 0.15) is 19.8 Å². The molecule has 5 nitrogen and oxygen atoms in total. The highest BCUT2D eigenvalue weighted by atomic mass is 16.3. The lowest BCUT2D eigenvalue weighted by molar-refractivity contribution is -0.121. The number of carbonyl (C=O) groups is 2. The van der Waals surface area contributed by atoms with E-state index in [0.717, 1.165) is 11.4 Å². The van der Waals surface area contributed by atoms with E-state index >= 15 is 0 Å². The summed E-state index contributed by atoms with van der Waals surface area (Å²) in [6, 6.07) is 16.2. The molecule has 0 aromatic heterocycles. The predicted molar refractivity (Wildman–Crippen MR) is 92.8 cm³/mol. The lowest BCUT2D eigenvalue weighted by Crippen LogP contribution is -2.39. The first-order chi connectivity index (χ1) is 11.6. The van der Waals surface area contributed by atoms with Gasteiger partial charge in [-0.1, -0.05) is 18.2 Å². The number of phenolic OH excluding ortho intramolecular Hbond substituents is 1. The molecular weight excluding hydrogens is 304 g/mol. The van der Waals surface area contributed by atoms with Crippen molar-refractivity contribution in [3.05, 3.63) is 54.6 Å². The second kappa shape index (κ2) is 6.74. The zero-order valence-corrected chi connectivity index (χ0v) is 13.6. The zero-order chi connectivity index (χ0) is 17.1. The van der Waals surface area contributed by atoms with Gasteiger partial charge in [0.1, 0.15) is 11.5 Å². The minimum absolute atomic E-state index is 0.00414. The summed E-state index contributed by atoms with van der Waals surface area (Å²) in [5.41, 5.74) is 1.62. The van der Waals surface area contributed by atoms with E-state index in [1.165, 1.54) is 0 Å². The van der Waals surface area contributed by atoms with Gasteiger partial charge in [0.05, 0.1) is 23.8 Å². The van der Waals surface area contributed by atoms with Crippen LogP contribution in [0.5, 0.6) is 5.75 Å². The van der Waals surface area contributed by atoms with Crippen LogP contribution in [-0.2, 0) is 9.59 Å². The standard InChI is InChI=1S/C19H20N2O3/c1-14(22)7-8-15-13-20(16-9-11-18(23)12-10-16)21(19(15)24)17-5-3-2-4-6-17/h2-6,9-12,15,23H,7-8,13H2,1H3. The molecule has 1 saturated heterocycles. The predicted octanol–water partition coefficient (Wildman–Crippen LogP) is 3.15. The zero-order valence-electron chi connectivity index (χ0n) is 13.6. The molecule has 1 atom stereocenters. The highest BCUT2D eigenvalue weighted by molar-refractivity contribution is 6.00. The molecule has 3 rings (SSSR count). The molecule has 5 heteroatoms. The van der Waals surface area contributed by atoms with Crippen molar-refractivity contribution in [2.75, 3.05) is 16.6 Å². The van der Waals surface area contributed by atoms with Gasteiger partial charge in [0.25, 0.3) is 5.91 Å². The first-order valence-corrected chi connectivity index (χ1v) is 8.01. The molecule has 1 aliphatic rings. The Kier molecular flexibility index (Phi) is 4.51. The number of Topliss-reactive ketones (excluding diaryl/α,β-unsaturated/α-hetero) is 1. The topological polar surface area (TPSA) is 60.9 Å². The molecule has 2 aromatic rings. The van der Waals surface area contributed by atoms with Gasteiger partial charge in [0.2, 0.25) is 0 Å². The number of rotatable bonds is 5. The summed E-state index contributed by atoms with van der Waals surface area (Å²) in [4.78, 5) is 24.2. The van der Waals surface area contributed by atoms with Crippen LogP contribution in [-0.4, -0.2) is 23.3 Å². The fraction of sp³-hybridized carbons (Fsp3) is 0.263. The van der Waals surface area contributed by atoms with E-state index in [0.29, 0.717) is 19.4 Å². The molecule has 1 N–H and O–H groups in total. The molecule has 0 aliphatic carbocycles. The summed E-state index contributed by atoms with van der Waals surface area (Å²) in [6.45, 7) is 2.07. The van der Waals surface area contributed by atoms with E-state index < -0.39 is 0 Å². The van der Waals surface area contributed by atoms with E-state index in [1.807, 2.05) is 35.3 Å². The number of anilines is 2. The minimum Gasteiger partial charge on any atom is -0.508 e. The Hall–Kier alpha value is -2.82. The third-order valence-corrected chi connectivity index (χ3v) is 4.19. The van der Waals surface area contributed by atoms with Crippen molar-refractivity contribution in [2.24, 2.45) is 5.92 Å². The van der Waals surface area contributed by atoms with Crippen molar-refractivity contribution in [2.45, 2.75) is 19.8 Å². The first-order valence-electron chi connectivity index (χ1n) is 8.01. The van der Waals surface area contributed by atoms with Gasteiger partial charge in [-0.3, -0.25) is 9.80 Å². The number of hydrogen-bond donors (Lipinski definition) is 1. The van der Waals surface area contributed by atoms with Gasteiger partial charge in [-0.25, -0.2) is 5.01 Å². The van der Waals surface area contributed by atoms with Crippen LogP contribution in [0.2, 0.25) is 0 Å². The fourth-order valence-electron chi connectivity index (χ4n) is 2.93.